The van der Waals surface area contributed by atoms with Crippen LogP contribution in [0.5, 0.6) is 0 Å². The second kappa shape index (κ2) is 8.82. The van der Waals surface area contributed by atoms with Gasteiger partial charge in [0.05, 0.1) is 4.90 Å². The van der Waals surface area contributed by atoms with Gasteiger partial charge in [-0.2, -0.15) is 0 Å². The SMILES string of the molecule is CCCCCCCCC(C(=O)O)S(=O)(=O)c1ccccc1. The maximum atomic E-state index is 12.4. The molecule has 1 rings (SSSR count). The highest BCUT2D eigenvalue weighted by Crippen LogP contribution is 2.21. The molecular weight excluding hydrogens is 288 g/mol. The van der Waals surface area contributed by atoms with Crippen molar-refractivity contribution in [1.29, 1.82) is 0 Å². The van der Waals surface area contributed by atoms with E-state index in [2.05, 4.69) is 6.92 Å². The summed E-state index contributed by atoms with van der Waals surface area (Å²) >= 11 is 0. The molecule has 4 nitrogen and oxygen atoms in total. The van der Waals surface area contributed by atoms with Crippen LogP contribution in [0.2, 0.25) is 0 Å². The first-order valence-corrected chi connectivity index (χ1v) is 9.06. The summed E-state index contributed by atoms with van der Waals surface area (Å²) in [5, 5.41) is 7.89. The summed E-state index contributed by atoms with van der Waals surface area (Å²) in [7, 11) is -3.80. The third-order valence-corrected chi connectivity index (χ3v) is 5.66. The number of sulfone groups is 1. The van der Waals surface area contributed by atoms with Gasteiger partial charge in [-0.3, -0.25) is 4.79 Å². The molecule has 0 fully saturated rings. The zero-order valence-corrected chi connectivity index (χ0v) is 13.3. The van der Waals surface area contributed by atoms with E-state index in [1.54, 1.807) is 18.2 Å². The number of benzene rings is 1. The molecule has 0 bridgehead atoms. The highest BCUT2D eigenvalue weighted by atomic mass is 32.2. The molecule has 0 amide bonds. The Balaban J connectivity index is 2.63. The summed E-state index contributed by atoms with van der Waals surface area (Å²) in [4.78, 5) is 11.4. The lowest BCUT2D eigenvalue weighted by Crippen LogP contribution is -2.30. The second-order valence-electron chi connectivity index (χ2n) is 5.24. The standard InChI is InChI=1S/C16H24O4S/c1-2-3-4-5-6-10-13-15(16(17)18)21(19,20)14-11-8-7-9-12-14/h7-9,11-12,15H,2-6,10,13H2,1H3,(H,17,18). The Kier molecular flexibility index (Phi) is 7.43. The molecule has 0 saturated carbocycles. The summed E-state index contributed by atoms with van der Waals surface area (Å²) < 4.78 is 24.7. The predicted molar refractivity (Wildman–Crippen MR) is 83.0 cm³/mol. The fraction of sp³-hybridized carbons (Fsp3) is 0.562. The van der Waals surface area contributed by atoms with E-state index >= 15 is 0 Å². The third kappa shape index (κ3) is 5.50. The normalized spacial score (nSPS) is 13.0. The minimum absolute atomic E-state index is 0.0865. The molecule has 0 saturated heterocycles. The van der Waals surface area contributed by atoms with E-state index in [0.29, 0.717) is 6.42 Å². The molecule has 0 aliphatic carbocycles. The molecule has 0 aromatic heterocycles. The topological polar surface area (TPSA) is 71.4 Å². The van der Waals surface area contributed by atoms with Crippen molar-refractivity contribution < 1.29 is 18.3 Å². The Labute approximate surface area is 127 Å². The summed E-state index contributed by atoms with van der Waals surface area (Å²) in [5.74, 6) is -1.26. The van der Waals surface area contributed by atoms with Gasteiger partial charge in [-0.25, -0.2) is 8.42 Å². The molecular formula is C16H24O4S. The van der Waals surface area contributed by atoms with E-state index in [9.17, 15) is 18.3 Å². The summed E-state index contributed by atoms with van der Waals surface area (Å²) in [6.07, 6.45) is 6.18. The molecule has 0 radical (unpaired) electrons. The van der Waals surface area contributed by atoms with E-state index in [-0.39, 0.29) is 11.3 Å². The number of unbranched alkanes of at least 4 members (excludes halogenated alkanes) is 5. The lowest BCUT2D eigenvalue weighted by Gasteiger charge is -2.13. The monoisotopic (exact) mass is 312 g/mol. The number of rotatable bonds is 10. The average Bonchev–Trinajstić information content (AvgIpc) is 2.46. The molecule has 1 aromatic carbocycles. The lowest BCUT2D eigenvalue weighted by atomic mass is 10.1. The van der Waals surface area contributed by atoms with Crippen molar-refractivity contribution in [3.63, 3.8) is 0 Å². The number of carboxylic acid groups (broad SMARTS) is 1. The van der Waals surface area contributed by atoms with Crippen LogP contribution in [-0.2, 0) is 14.6 Å². The lowest BCUT2D eigenvalue weighted by molar-refractivity contribution is -0.136. The van der Waals surface area contributed by atoms with Crippen molar-refractivity contribution in [2.45, 2.75) is 62.0 Å². The van der Waals surface area contributed by atoms with Gasteiger partial charge in [-0.05, 0) is 18.6 Å². The zero-order chi connectivity index (χ0) is 15.7. The van der Waals surface area contributed by atoms with Gasteiger partial charge >= 0.3 is 5.97 Å². The third-order valence-electron chi connectivity index (χ3n) is 3.54. The highest BCUT2D eigenvalue weighted by molar-refractivity contribution is 7.92. The molecule has 0 spiro atoms. The van der Waals surface area contributed by atoms with E-state index in [4.69, 9.17) is 0 Å². The second-order valence-corrected chi connectivity index (χ2v) is 7.37. The molecule has 1 unspecified atom stereocenters. The van der Waals surface area contributed by atoms with Crippen LogP contribution < -0.4 is 0 Å². The van der Waals surface area contributed by atoms with Crippen LogP contribution in [0, 0.1) is 0 Å². The van der Waals surface area contributed by atoms with Crippen molar-refractivity contribution in [2.75, 3.05) is 0 Å². The first-order valence-electron chi connectivity index (χ1n) is 7.52. The van der Waals surface area contributed by atoms with E-state index in [0.717, 1.165) is 25.7 Å². The molecule has 1 N–H and O–H groups in total. The minimum atomic E-state index is -3.80. The number of hydrogen-bond donors (Lipinski definition) is 1. The van der Waals surface area contributed by atoms with Crippen LogP contribution in [0.1, 0.15) is 51.9 Å². The van der Waals surface area contributed by atoms with E-state index < -0.39 is 21.1 Å². The quantitative estimate of drug-likeness (QED) is 0.669. The van der Waals surface area contributed by atoms with Gasteiger partial charge in [0.1, 0.15) is 0 Å². The van der Waals surface area contributed by atoms with Crippen LogP contribution in [-0.4, -0.2) is 24.7 Å². The molecule has 1 aromatic rings. The van der Waals surface area contributed by atoms with Crippen LogP contribution in [0.15, 0.2) is 35.2 Å². The molecule has 0 heterocycles. The zero-order valence-electron chi connectivity index (χ0n) is 12.5. The van der Waals surface area contributed by atoms with E-state index in [1.807, 2.05) is 0 Å². The Bertz CT molecular complexity index is 522. The maximum Gasteiger partial charge on any atom is 0.322 e. The summed E-state index contributed by atoms with van der Waals surface area (Å²) in [5.41, 5.74) is 0. The molecule has 118 valence electrons. The van der Waals surface area contributed by atoms with Gasteiger partial charge in [-0.1, -0.05) is 63.6 Å². The van der Waals surface area contributed by atoms with Crippen molar-refractivity contribution in [3.8, 4) is 0 Å². The number of carboxylic acids is 1. The van der Waals surface area contributed by atoms with Gasteiger partial charge < -0.3 is 5.11 Å². The van der Waals surface area contributed by atoms with Crippen LogP contribution >= 0.6 is 0 Å². The highest BCUT2D eigenvalue weighted by Gasteiger charge is 2.33. The molecule has 1 atom stereocenters. The van der Waals surface area contributed by atoms with Crippen molar-refractivity contribution in [2.24, 2.45) is 0 Å². The van der Waals surface area contributed by atoms with Crippen LogP contribution in [0.3, 0.4) is 0 Å². The van der Waals surface area contributed by atoms with Gasteiger partial charge in [-0.15, -0.1) is 0 Å². The van der Waals surface area contributed by atoms with E-state index in [1.165, 1.54) is 18.6 Å². The summed E-state index contributed by atoms with van der Waals surface area (Å²) in [6, 6.07) is 7.83. The number of hydrogen-bond acceptors (Lipinski definition) is 3. The largest absolute Gasteiger partial charge is 0.480 e. The van der Waals surface area contributed by atoms with Gasteiger partial charge in [0.25, 0.3) is 0 Å². The van der Waals surface area contributed by atoms with Gasteiger partial charge in [0.2, 0.25) is 0 Å². The Hall–Kier alpha value is -1.36. The maximum absolute atomic E-state index is 12.4. The van der Waals surface area contributed by atoms with Crippen molar-refractivity contribution >= 4 is 15.8 Å². The molecule has 0 aliphatic rings. The molecule has 5 heteroatoms. The fourth-order valence-corrected chi connectivity index (χ4v) is 3.90. The van der Waals surface area contributed by atoms with Gasteiger partial charge in [0.15, 0.2) is 15.1 Å². The number of aliphatic carboxylic acids is 1. The smallest absolute Gasteiger partial charge is 0.322 e. The minimum Gasteiger partial charge on any atom is -0.480 e. The Morgan fingerprint density at radius 1 is 1.05 bits per heavy atom. The first kappa shape index (κ1) is 17.7. The molecule has 0 aliphatic heterocycles. The Morgan fingerprint density at radius 2 is 1.62 bits per heavy atom. The fourth-order valence-electron chi connectivity index (χ4n) is 2.30. The van der Waals surface area contributed by atoms with Crippen molar-refractivity contribution in [3.05, 3.63) is 30.3 Å². The average molecular weight is 312 g/mol. The van der Waals surface area contributed by atoms with Crippen LogP contribution in [0.4, 0.5) is 0 Å². The van der Waals surface area contributed by atoms with Crippen LogP contribution in [0.25, 0.3) is 0 Å². The molecule has 21 heavy (non-hydrogen) atoms. The van der Waals surface area contributed by atoms with Gasteiger partial charge in [0, 0.05) is 0 Å². The Morgan fingerprint density at radius 3 is 2.19 bits per heavy atom. The van der Waals surface area contributed by atoms with Crippen molar-refractivity contribution in [1.82, 2.24) is 0 Å². The number of carbonyl (C=O) groups is 1. The summed E-state index contributed by atoms with van der Waals surface area (Å²) in [6.45, 7) is 2.13. The first-order chi connectivity index (χ1) is 10.00. The predicted octanol–water partition coefficient (Wildman–Crippen LogP) is 3.66.